The second-order valence-electron chi connectivity index (χ2n) is 5.66. The van der Waals surface area contributed by atoms with Crippen molar-refractivity contribution in [2.75, 3.05) is 0 Å². The molecule has 0 aliphatic carbocycles. The Balaban J connectivity index is 2.14. The van der Waals surface area contributed by atoms with Crippen molar-refractivity contribution in [3.05, 3.63) is 29.3 Å². The number of benzene rings is 1. The van der Waals surface area contributed by atoms with Gasteiger partial charge in [-0.3, -0.25) is 4.79 Å². The van der Waals surface area contributed by atoms with Crippen LogP contribution in [-0.2, 0) is 17.4 Å². The van der Waals surface area contributed by atoms with Crippen LogP contribution in [0.1, 0.15) is 31.4 Å². The molecule has 0 saturated carbocycles. The maximum absolute atomic E-state index is 12.6. The van der Waals surface area contributed by atoms with E-state index in [1.54, 1.807) is 13.8 Å². The number of hydrogen-bond acceptors (Lipinski definition) is 2. The highest BCUT2D eigenvalue weighted by molar-refractivity contribution is 5.73. The monoisotopic (exact) mass is 288 g/mol. The lowest BCUT2D eigenvalue weighted by Crippen LogP contribution is -2.30. The minimum absolute atomic E-state index is 0.248. The Hall–Kier alpha value is -1.72. The second kappa shape index (κ2) is 4.68. The van der Waals surface area contributed by atoms with E-state index in [4.69, 9.17) is 9.84 Å². The van der Waals surface area contributed by atoms with Crippen LogP contribution >= 0.6 is 0 Å². The van der Waals surface area contributed by atoms with Crippen LogP contribution in [0.4, 0.5) is 13.2 Å². The second-order valence-corrected chi connectivity index (χ2v) is 5.66. The summed E-state index contributed by atoms with van der Waals surface area (Å²) in [5.74, 6) is -0.544. The predicted molar refractivity (Wildman–Crippen MR) is 65.6 cm³/mol. The zero-order valence-electron chi connectivity index (χ0n) is 11.1. The normalized spacial score (nSPS) is 18.6. The fourth-order valence-electron chi connectivity index (χ4n) is 2.27. The van der Waals surface area contributed by atoms with E-state index in [1.165, 1.54) is 6.07 Å². The molecule has 3 nitrogen and oxygen atoms in total. The number of aliphatic carboxylic acids is 1. The van der Waals surface area contributed by atoms with Gasteiger partial charge in [0.2, 0.25) is 0 Å². The Morgan fingerprint density at radius 3 is 2.60 bits per heavy atom. The molecule has 110 valence electrons. The maximum atomic E-state index is 12.6. The molecule has 6 heteroatoms. The molecule has 20 heavy (non-hydrogen) atoms. The fourth-order valence-corrected chi connectivity index (χ4v) is 2.27. The molecular weight excluding hydrogens is 273 g/mol. The Kier molecular flexibility index (Phi) is 3.44. The van der Waals surface area contributed by atoms with Gasteiger partial charge in [0.05, 0.1) is 11.0 Å². The lowest BCUT2D eigenvalue weighted by atomic mass is 9.85. The number of carboxylic acid groups (broad SMARTS) is 1. The third kappa shape index (κ3) is 2.89. The van der Waals surface area contributed by atoms with Gasteiger partial charge >= 0.3 is 12.1 Å². The number of fused-ring (bicyclic) bond motifs is 1. The van der Waals surface area contributed by atoms with Crippen LogP contribution in [0.3, 0.4) is 0 Å². The Morgan fingerprint density at radius 1 is 1.40 bits per heavy atom. The van der Waals surface area contributed by atoms with Crippen LogP contribution in [0.15, 0.2) is 18.2 Å². The molecule has 0 spiro atoms. The first-order chi connectivity index (χ1) is 9.09. The van der Waals surface area contributed by atoms with Gasteiger partial charge in [0.15, 0.2) is 0 Å². The Bertz CT molecular complexity index is 535. The van der Waals surface area contributed by atoms with Gasteiger partial charge in [-0.25, -0.2) is 0 Å². The summed E-state index contributed by atoms with van der Waals surface area (Å²) in [5.41, 5.74) is -1.21. The molecule has 1 aromatic rings. The minimum Gasteiger partial charge on any atom is -0.490 e. The SMILES string of the molecule is CC(C)(CC1Cc2cc(C(F)(F)F)ccc2O1)C(=O)O. The largest absolute Gasteiger partial charge is 0.490 e. The van der Waals surface area contributed by atoms with Crippen LogP contribution in [0.25, 0.3) is 0 Å². The Morgan fingerprint density at radius 2 is 2.05 bits per heavy atom. The van der Waals surface area contributed by atoms with Gasteiger partial charge in [-0.2, -0.15) is 13.2 Å². The summed E-state index contributed by atoms with van der Waals surface area (Å²) in [6.07, 6.45) is -4.23. The number of alkyl halides is 3. The quantitative estimate of drug-likeness (QED) is 0.925. The summed E-state index contributed by atoms with van der Waals surface area (Å²) in [6.45, 7) is 3.14. The lowest BCUT2D eigenvalue weighted by molar-refractivity contribution is -0.148. The third-order valence-electron chi connectivity index (χ3n) is 3.45. The molecule has 0 radical (unpaired) electrons. The van der Waals surface area contributed by atoms with Crippen molar-refractivity contribution in [3.63, 3.8) is 0 Å². The van der Waals surface area contributed by atoms with Gasteiger partial charge in [-0.15, -0.1) is 0 Å². The third-order valence-corrected chi connectivity index (χ3v) is 3.45. The number of carboxylic acids is 1. The first kappa shape index (κ1) is 14.7. The minimum atomic E-state index is -4.38. The highest BCUT2D eigenvalue weighted by Crippen LogP contribution is 2.38. The molecule has 2 rings (SSSR count). The number of rotatable bonds is 3. The molecule has 1 atom stereocenters. The highest BCUT2D eigenvalue weighted by atomic mass is 19.4. The molecule has 1 heterocycles. The zero-order valence-corrected chi connectivity index (χ0v) is 11.1. The molecule has 1 aliphatic heterocycles. The number of carbonyl (C=O) groups is 1. The molecule has 1 unspecified atom stereocenters. The van der Waals surface area contributed by atoms with E-state index in [0.717, 1.165) is 12.1 Å². The Labute approximate surface area is 114 Å². The summed E-state index contributed by atoms with van der Waals surface area (Å²) in [7, 11) is 0. The number of ether oxygens (including phenoxy) is 1. The van der Waals surface area contributed by atoms with Gasteiger partial charge < -0.3 is 9.84 Å². The van der Waals surface area contributed by atoms with Gasteiger partial charge in [-0.1, -0.05) is 0 Å². The fraction of sp³-hybridized carbons (Fsp3) is 0.500. The molecule has 0 fully saturated rings. The zero-order chi connectivity index (χ0) is 15.1. The molecule has 1 aliphatic rings. The van der Waals surface area contributed by atoms with Crippen LogP contribution in [-0.4, -0.2) is 17.2 Å². The summed E-state index contributed by atoms with van der Waals surface area (Å²) in [4.78, 5) is 11.1. The van der Waals surface area contributed by atoms with Crippen LogP contribution in [0, 0.1) is 5.41 Å². The molecule has 0 amide bonds. The van der Waals surface area contributed by atoms with Crippen molar-refractivity contribution < 1.29 is 27.8 Å². The summed E-state index contributed by atoms with van der Waals surface area (Å²) >= 11 is 0. The molecule has 0 saturated heterocycles. The topological polar surface area (TPSA) is 46.5 Å². The van der Waals surface area contributed by atoms with E-state index >= 15 is 0 Å². The van der Waals surface area contributed by atoms with E-state index in [1.807, 2.05) is 0 Å². The summed E-state index contributed by atoms with van der Waals surface area (Å²) < 4.78 is 43.4. The summed E-state index contributed by atoms with van der Waals surface area (Å²) in [5, 5.41) is 9.07. The van der Waals surface area contributed by atoms with Crippen molar-refractivity contribution in [1.29, 1.82) is 0 Å². The highest BCUT2D eigenvalue weighted by Gasteiger charge is 2.36. The van der Waals surface area contributed by atoms with Gasteiger partial charge in [0.1, 0.15) is 11.9 Å². The molecule has 1 aromatic carbocycles. The molecule has 0 bridgehead atoms. The van der Waals surface area contributed by atoms with Crippen molar-refractivity contribution >= 4 is 5.97 Å². The van der Waals surface area contributed by atoms with Crippen LogP contribution in [0.5, 0.6) is 5.75 Å². The first-order valence-corrected chi connectivity index (χ1v) is 6.20. The predicted octanol–water partition coefficient (Wildman–Crippen LogP) is 3.51. The number of hydrogen-bond donors (Lipinski definition) is 1. The van der Waals surface area contributed by atoms with E-state index in [-0.39, 0.29) is 6.42 Å². The van der Waals surface area contributed by atoms with Crippen molar-refractivity contribution in [1.82, 2.24) is 0 Å². The summed E-state index contributed by atoms with van der Waals surface area (Å²) in [6, 6.07) is 3.35. The molecule has 0 aromatic heterocycles. The number of halogens is 3. The van der Waals surface area contributed by atoms with Crippen LogP contribution in [0.2, 0.25) is 0 Å². The smallest absolute Gasteiger partial charge is 0.416 e. The van der Waals surface area contributed by atoms with Gasteiger partial charge in [0, 0.05) is 12.8 Å². The van der Waals surface area contributed by atoms with Crippen LogP contribution < -0.4 is 4.74 Å². The molecular formula is C14H15F3O3. The van der Waals surface area contributed by atoms with Crippen molar-refractivity contribution in [3.8, 4) is 5.75 Å². The van der Waals surface area contributed by atoms with E-state index in [9.17, 15) is 18.0 Å². The maximum Gasteiger partial charge on any atom is 0.416 e. The van der Waals surface area contributed by atoms with Crippen molar-refractivity contribution in [2.45, 2.75) is 39.0 Å². The molecule has 1 N–H and O–H groups in total. The average molecular weight is 288 g/mol. The van der Waals surface area contributed by atoms with Gasteiger partial charge in [0.25, 0.3) is 0 Å². The first-order valence-electron chi connectivity index (χ1n) is 6.20. The van der Waals surface area contributed by atoms with Gasteiger partial charge in [-0.05, 0) is 37.6 Å². The van der Waals surface area contributed by atoms with E-state index in [2.05, 4.69) is 0 Å². The lowest BCUT2D eigenvalue weighted by Gasteiger charge is -2.22. The van der Waals surface area contributed by atoms with E-state index in [0.29, 0.717) is 17.7 Å². The van der Waals surface area contributed by atoms with Crippen molar-refractivity contribution in [2.24, 2.45) is 5.41 Å². The van der Waals surface area contributed by atoms with E-state index < -0.39 is 29.2 Å². The standard InChI is InChI=1S/C14H15F3O3/c1-13(2,12(18)19)7-10-6-8-5-9(14(15,16)17)3-4-11(8)20-10/h3-5,10H,6-7H2,1-2H3,(H,18,19). The average Bonchev–Trinajstić information content (AvgIpc) is 2.67.